The van der Waals surface area contributed by atoms with Crippen LogP contribution in [-0.2, 0) is 19.5 Å². The maximum Gasteiger partial charge on any atom is 2.00 e. The van der Waals surface area contributed by atoms with Crippen LogP contribution in [0.2, 0.25) is 0 Å². The molecule has 41 heavy (non-hydrogen) atoms. The Hall–Kier alpha value is -3.20. The number of benzene rings is 4. The van der Waals surface area contributed by atoms with Crippen molar-refractivity contribution in [3.05, 3.63) is 97.1 Å². The number of hydrogen-bond donors (Lipinski definition) is 2. The molecule has 9 heteroatoms. The smallest absolute Gasteiger partial charge is 0.854 e. The molecule has 6 nitrogen and oxygen atoms in total. The fourth-order valence-electron chi connectivity index (χ4n) is 3.28. The van der Waals surface area contributed by atoms with Crippen LogP contribution in [0.25, 0.3) is 41.6 Å². The Morgan fingerprint density at radius 3 is 1.20 bits per heavy atom. The Bertz CT molecular complexity index is 1410. The van der Waals surface area contributed by atoms with Gasteiger partial charge in [0.2, 0.25) is 0 Å². The standard InChI is InChI=1S/2C13H9NOS.2C3H7O.Zn/c2*15-11-7-3-1-5-9(11)13-14-10-6-2-4-8-12(10)16-13;2*1-2-3-4;/h2*1-8,15H;2*2-3H2,1H3;/q;;2*-1;+2. The van der Waals surface area contributed by atoms with Crippen molar-refractivity contribution in [1.82, 2.24) is 9.97 Å². The number of phenols is 2. The molecule has 0 aliphatic carbocycles. The summed E-state index contributed by atoms with van der Waals surface area (Å²) in [6.45, 7) is 3.88. The Morgan fingerprint density at radius 1 is 0.561 bits per heavy atom. The molecule has 0 amide bonds. The number of aromatic nitrogens is 2. The van der Waals surface area contributed by atoms with Gasteiger partial charge in [-0.25, -0.2) is 9.97 Å². The van der Waals surface area contributed by atoms with E-state index in [0.717, 1.165) is 54.4 Å². The molecule has 208 valence electrons. The zero-order valence-corrected chi connectivity index (χ0v) is 27.8. The van der Waals surface area contributed by atoms with Crippen LogP contribution < -0.4 is 10.2 Å². The van der Waals surface area contributed by atoms with Gasteiger partial charge in [0.1, 0.15) is 21.5 Å². The van der Waals surface area contributed by atoms with Crippen LogP contribution in [0.3, 0.4) is 0 Å². The minimum Gasteiger partial charge on any atom is -0.854 e. The number of phenolic OH excluding ortho intramolecular Hbond substituents is 2. The summed E-state index contributed by atoms with van der Waals surface area (Å²) in [6.07, 6.45) is 1.53. The van der Waals surface area contributed by atoms with Crippen LogP contribution in [-0.4, -0.2) is 33.4 Å². The Morgan fingerprint density at radius 2 is 0.878 bits per heavy atom. The van der Waals surface area contributed by atoms with Crippen molar-refractivity contribution in [2.45, 2.75) is 26.7 Å². The minimum atomic E-state index is 0. The maximum atomic E-state index is 9.76. The van der Waals surface area contributed by atoms with E-state index in [1.165, 1.54) is 0 Å². The van der Waals surface area contributed by atoms with Crippen molar-refractivity contribution in [2.24, 2.45) is 0 Å². The van der Waals surface area contributed by atoms with Gasteiger partial charge in [0.25, 0.3) is 0 Å². The van der Waals surface area contributed by atoms with E-state index in [0.29, 0.717) is 0 Å². The molecule has 6 rings (SSSR count). The van der Waals surface area contributed by atoms with Crippen LogP contribution in [0.15, 0.2) is 97.1 Å². The van der Waals surface area contributed by atoms with Gasteiger partial charge in [0.15, 0.2) is 0 Å². The SMILES string of the molecule is CCC[O-].CCC[O-].Oc1ccccc1-c1nc2ccccc2s1.Oc1ccccc1-c1nc2ccccc2s1.[Zn+2]. The summed E-state index contributed by atoms with van der Waals surface area (Å²) < 4.78 is 2.28. The largest absolute Gasteiger partial charge is 2.00 e. The zero-order chi connectivity index (χ0) is 28.7. The molecule has 2 aromatic heterocycles. The van der Waals surface area contributed by atoms with E-state index < -0.39 is 0 Å². The van der Waals surface area contributed by atoms with E-state index in [2.05, 4.69) is 9.97 Å². The summed E-state index contributed by atoms with van der Waals surface area (Å²) in [4.78, 5) is 9.00. The van der Waals surface area contributed by atoms with Gasteiger partial charge in [-0.05, 0) is 48.5 Å². The maximum absolute atomic E-state index is 9.76. The molecule has 0 unspecified atom stereocenters. The van der Waals surface area contributed by atoms with Crippen molar-refractivity contribution in [2.75, 3.05) is 13.2 Å². The first-order chi connectivity index (χ1) is 19.5. The summed E-state index contributed by atoms with van der Waals surface area (Å²) in [7, 11) is 0. The third kappa shape index (κ3) is 9.99. The summed E-state index contributed by atoms with van der Waals surface area (Å²) in [6, 6.07) is 30.5. The molecular formula is C32H32N2O4S2Zn. The van der Waals surface area contributed by atoms with Gasteiger partial charge in [-0.2, -0.15) is 0 Å². The van der Waals surface area contributed by atoms with Crippen LogP contribution in [0.4, 0.5) is 0 Å². The molecular weight excluding hydrogens is 606 g/mol. The van der Waals surface area contributed by atoms with Gasteiger partial charge in [-0.15, -0.1) is 35.9 Å². The molecule has 0 aliphatic rings. The van der Waals surface area contributed by atoms with Gasteiger partial charge < -0.3 is 20.4 Å². The van der Waals surface area contributed by atoms with Crippen LogP contribution in [0.1, 0.15) is 26.7 Å². The molecule has 4 aromatic carbocycles. The fraction of sp³-hybridized carbons (Fsp3) is 0.188. The third-order valence-electron chi connectivity index (χ3n) is 5.26. The van der Waals surface area contributed by atoms with E-state index in [1.807, 2.05) is 98.8 Å². The van der Waals surface area contributed by atoms with Gasteiger partial charge in [0.05, 0.1) is 31.6 Å². The Kier molecular flexibility index (Phi) is 15.2. The minimum absolute atomic E-state index is 0. The molecule has 0 spiro atoms. The number of rotatable bonds is 4. The number of hydrogen-bond acceptors (Lipinski definition) is 8. The predicted molar refractivity (Wildman–Crippen MR) is 164 cm³/mol. The molecule has 0 saturated heterocycles. The van der Waals surface area contributed by atoms with E-state index in [-0.39, 0.29) is 44.2 Å². The van der Waals surface area contributed by atoms with Crippen molar-refractivity contribution >= 4 is 43.1 Å². The van der Waals surface area contributed by atoms with Gasteiger partial charge >= 0.3 is 19.5 Å². The Balaban J connectivity index is 0.000000224. The van der Waals surface area contributed by atoms with Gasteiger partial charge in [-0.3, -0.25) is 0 Å². The summed E-state index contributed by atoms with van der Waals surface area (Å²) in [5, 5.41) is 39.8. The van der Waals surface area contributed by atoms with E-state index >= 15 is 0 Å². The molecule has 2 N–H and O–H groups in total. The first-order valence-corrected chi connectivity index (χ1v) is 14.6. The first-order valence-electron chi connectivity index (χ1n) is 13.0. The van der Waals surface area contributed by atoms with Crippen LogP contribution in [0, 0.1) is 0 Å². The van der Waals surface area contributed by atoms with E-state index in [4.69, 9.17) is 0 Å². The normalized spacial score (nSPS) is 9.85. The molecule has 0 radical (unpaired) electrons. The van der Waals surface area contributed by atoms with Crippen molar-refractivity contribution in [3.8, 4) is 32.6 Å². The van der Waals surface area contributed by atoms with Gasteiger partial charge in [-0.1, -0.05) is 75.2 Å². The molecule has 0 fully saturated rings. The quantitative estimate of drug-likeness (QED) is 0.205. The number of para-hydroxylation sites is 4. The zero-order valence-electron chi connectivity index (χ0n) is 23.2. The van der Waals surface area contributed by atoms with E-state index in [9.17, 15) is 20.4 Å². The van der Waals surface area contributed by atoms with Crippen molar-refractivity contribution in [3.63, 3.8) is 0 Å². The Labute approximate surface area is 261 Å². The fourth-order valence-corrected chi connectivity index (χ4v) is 5.28. The molecule has 6 aromatic rings. The monoisotopic (exact) mass is 636 g/mol. The number of fused-ring (bicyclic) bond motifs is 2. The van der Waals surface area contributed by atoms with E-state index in [1.54, 1.807) is 34.8 Å². The topological polar surface area (TPSA) is 112 Å². The molecule has 2 heterocycles. The second kappa shape index (κ2) is 18.3. The average molecular weight is 638 g/mol. The summed E-state index contributed by atoms with van der Waals surface area (Å²) >= 11 is 3.19. The summed E-state index contributed by atoms with van der Waals surface area (Å²) in [5.74, 6) is 0.558. The second-order valence-corrected chi connectivity index (χ2v) is 10.5. The average Bonchev–Trinajstić information content (AvgIpc) is 3.63. The molecule has 0 atom stereocenters. The van der Waals surface area contributed by atoms with Crippen molar-refractivity contribution < 1.29 is 39.9 Å². The van der Waals surface area contributed by atoms with Crippen LogP contribution >= 0.6 is 22.7 Å². The molecule has 0 aliphatic heterocycles. The first kappa shape index (κ1) is 34.0. The van der Waals surface area contributed by atoms with Crippen molar-refractivity contribution in [1.29, 1.82) is 0 Å². The molecule has 0 saturated carbocycles. The second-order valence-electron chi connectivity index (χ2n) is 8.42. The summed E-state index contributed by atoms with van der Waals surface area (Å²) in [5.41, 5.74) is 3.55. The van der Waals surface area contributed by atoms with Crippen LogP contribution in [0.5, 0.6) is 11.5 Å². The van der Waals surface area contributed by atoms with Gasteiger partial charge in [0, 0.05) is 0 Å². The molecule has 0 bridgehead atoms. The number of aromatic hydroxyl groups is 2. The predicted octanol–water partition coefficient (Wildman–Crippen LogP) is 6.85. The number of nitrogens with zero attached hydrogens (tertiary/aromatic N) is 2. The third-order valence-corrected chi connectivity index (χ3v) is 7.40. The number of thiazole rings is 2.